The van der Waals surface area contributed by atoms with E-state index < -0.39 is 11.9 Å². The van der Waals surface area contributed by atoms with Crippen LogP contribution >= 0.6 is 0 Å². The lowest BCUT2D eigenvalue weighted by molar-refractivity contribution is -0.138. The molecule has 4 heteroatoms. The second kappa shape index (κ2) is 17.8. The van der Waals surface area contributed by atoms with E-state index >= 15 is 0 Å². The van der Waals surface area contributed by atoms with Crippen molar-refractivity contribution in [2.24, 2.45) is 0 Å². The lowest BCUT2D eigenvalue weighted by atomic mass is 10.0. The molecule has 0 aromatic carbocycles. The van der Waals surface area contributed by atoms with Crippen molar-refractivity contribution in [3.63, 3.8) is 0 Å². The first-order chi connectivity index (χ1) is 13.0. The summed E-state index contributed by atoms with van der Waals surface area (Å²) in [6, 6.07) is 0. The Morgan fingerprint density at radius 1 is 0.815 bits per heavy atom. The van der Waals surface area contributed by atoms with Gasteiger partial charge in [-0.2, -0.15) is 0 Å². The average Bonchev–Trinajstić information content (AvgIpc) is 2.64. The van der Waals surface area contributed by atoms with E-state index in [0.717, 1.165) is 12.8 Å². The summed E-state index contributed by atoms with van der Waals surface area (Å²) in [5, 5.41) is 8.77. The van der Waals surface area contributed by atoms with Crippen LogP contribution in [0.25, 0.3) is 0 Å². The molecule has 0 spiro atoms. The summed E-state index contributed by atoms with van der Waals surface area (Å²) in [7, 11) is 0. The Balaban J connectivity index is 3.40. The van der Waals surface area contributed by atoms with Crippen LogP contribution in [0, 0.1) is 0 Å². The molecule has 0 aliphatic heterocycles. The molecule has 0 bridgehead atoms. The van der Waals surface area contributed by atoms with Crippen molar-refractivity contribution in [3.05, 3.63) is 23.8 Å². The molecule has 0 saturated heterocycles. The smallest absolute Gasteiger partial charge is 0.337 e. The Labute approximate surface area is 166 Å². The van der Waals surface area contributed by atoms with E-state index in [-0.39, 0.29) is 11.1 Å². The summed E-state index contributed by atoms with van der Waals surface area (Å²) in [5.74, 6) is -1.60. The zero-order valence-corrected chi connectivity index (χ0v) is 17.6. The molecule has 156 valence electrons. The third-order valence-electron chi connectivity index (χ3n) is 4.72. The number of hydrogen-bond acceptors (Lipinski definition) is 3. The predicted molar refractivity (Wildman–Crippen MR) is 112 cm³/mol. The third-order valence-corrected chi connectivity index (χ3v) is 4.72. The van der Waals surface area contributed by atoms with E-state index in [1.807, 2.05) is 0 Å². The highest BCUT2D eigenvalue weighted by Crippen LogP contribution is 2.13. The molecule has 0 amide bonds. The van der Waals surface area contributed by atoms with Gasteiger partial charge in [-0.25, -0.2) is 9.59 Å². The summed E-state index contributed by atoms with van der Waals surface area (Å²) in [6.45, 7) is 7.60. The topological polar surface area (TPSA) is 63.6 Å². The third kappa shape index (κ3) is 16.3. The van der Waals surface area contributed by atoms with Crippen molar-refractivity contribution in [2.45, 2.75) is 104 Å². The average molecular weight is 381 g/mol. The number of carboxylic acids is 1. The van der Waals surface area contributed by atoms with Crippen molar-refractivity contribution in [1.29, 1.82) is 0 Å². The largest absolute Gasteiger partial charge is 0.478 e. The van der Waals surface area contributed by atoms with Crippen LogP contribution in [0.3, 0.4) is 0 Å². The normalized spacial score (nSPS) is 11.4. The van der Waals surface area contributed by atoms with Crippen LogP contribution in [0.2, 0.25) is 0 Å². The monoisotopic (exact) mass is 380 g/mol. The Bertz CT molecular complexity index is 451. The fourth-order valence-electron chi connectivity index (χ4n) is 2.94. The fraction of sp³-hybridized carbons (Fsp3) is 0.739. The van der Waals surface area contributed by atoms with E-state index in [1.165, 1.54) is 90.0 Å². The van der Waals surface area contributed by atoms with Gasteiger partial charge < -0.3 is 9.84 Å². The highest BCUT2D eigenvalue weighted by Gasteiger charge is 2.08. The van der Waals surface area contributed by atoms with Crippen LogP contribution in [0.15, 0.2) is 23.8 Å². The zero-order chi connectivity index (χ0) is 20.3. The number of carbonyl (C=O) groups excluding carboxylic acids is 1. The Morgan fingerprint density at radius 3 is 1.63 bits per heavy atom. The van der Waals surface area contributed by atoms with Gasteiger partial charge in [-0.3, -0.25) is 0 Å². The minimum absolute atomic E-state index is 0.0773. The van der Waals surface area contributed by atoms with Gasteiger partial charge in [0.05, 0.1) is 12.2 Å². The molecule has 0 saturated carbocycles. The SMILES string of the molecule is C=C(C=C(C)C(=O)O)C(=O)OCCCCCCCCCCCCCCCC. The van der Waals surface area contributed by atoms with Gasteiger partial charge in [-0.05, 0) is 19.4 Å². The van der Waals surface area contributed by atoms with Crippen molar-refractivity contribution >= 4 is 11.9 Å². The molecule has 0 aromatic heterocycles. The minimum Gasteiger partial charge on any atom is -0.478 e. The second-order valence-electron chi connectivity index (χ2n) is 7.39. The maximum Gasteiger partial charge on any atom is 0.337 e. The number of unbranched alkanes of at least 4 members (excludes halogenated alkanes) is 13. The highest BCUT2D eigenvalue weighted by molar-refractivity contribution is 5.94. The van der Waals surface area contributed by atoms with Crippen LogP contribution in [0.5, 0.6) is 0 Å². The minimum atomic E-state index is -1.06. The summed E-state index contributed by atoms with van der Waals surface area (Å²) in [6.07, 6.45) is 19.2. The van der Waals surface area contributed by atoms with Crippen LogP contribution in [-0.2, 0) is 14.3 Å². The first kappa shape index (κ1) is 25.4. The Kier molecular flexibility index (Phi) is 16.8. The van der Waals surface area contributed by atoms with E-state index in [1.54, 1.807) is 0 Å². The highest BCUT2D eigenvalue weighted by atomic mass is 16.5. The maximum absolute atomic E-state index is 11.7. The van der Waals surface area contributed by atoms with Crippen molar-refractivity contribution < 1.29 is 19.4 Å². The van der Waals surface area contributed by atoms with E-state index in [0.29, 0.717) is 6.61 Å². The summed E-state index contributed by atoms with van der Waals surface area (Å²) >= 11 is 0. The van der Waals surface area contributed by atoms with Gasteiger partial charge in [0.15, 0.2) is 0 Å². The number of ether oxygens (including phenoxy) is 1. The number of aliphatic carboxylic acids is 1. The van der Waals surface area contributed by atoms with Crippen molar-refractivity contribution in [3.8, 4) is 0 Å². The number of carboxylic acid groups (broad SMARTS) is 1. The second-order valence-corrected chi connectivity index (χ2v) is 7.39. The molecular weight excluding hydrogens is 340 g/mol. The zero-order valence-electron chi connectivity index (χ0n) is 17.6. The van der Waals surface area contributed by atoms with Gasteiger partial charge in [0.25, 0.3) is 0 Å². The predicted octanol–water partition coefficient (Wildman–Crippen LogP) is 6.60. The lowest BCUT2D eigenvalue weighted by Gasteiger charge is -2.05. The standard InChI is InChI=1S/C23H40O4/c1-4-5-6-7-8-9-10-11-12-13-14-15-16-17-18-27-23(26)21(3)19-20(2)22(24)25/h19H,3-18H2,1-2H3,(H,24,25). The molecule has 0 aliphatic rings. The Morgan fingerprint density at radius 2 is 1.22 bits per heavy atom. The van der Waals surface area contributed by atoms with Crippen LogP contribution in [-0.4, -0.2) is 23.7 Å². The summed E-state index contributed by atoms with van der Waals surface area (Å²) < 4.78 is 5.12. The molecule has 0 fully saturated rings. The molecule has 0 aromatic rings. The number of carbonyl (C=O) groups is 2. The summed E-state index contributed by atoms with van der Waals surface area (Å²) in [4.78, 5) is 22.4. The van der Waals surface area contributed by atoms with Crippen molar-refractivity contribution in [1.82, 2.24) is 0 Å². The van der Waals surface area contributed by atoms with Gasteiger partial charge in [-0.15, -0.1) is 0 Å². The molecule has 0 radical (unpaired) electrons. The molecule has 27 heavy (non-hydrogen) atoms. The molecule has 1 N–H and O–H groups in total. The maximum atomic E-state index is 11.7. The first-order valence-corrected chi connectivity index (χ1v) is 10.8. The molecule has 0 heterocycles. The summed E-state index contributed by atoms with van der Waals surface area (Å²) in [5.41, 5.74) is 0.161. The van der Waals surface area contributed by atoms with Crippen LogP contribution in [0.1, 0.15) is 104 Å². The first-order valence-electron chi connectivity index (χ1n) is 10.8. The number of hydrogen-bond donors (Lipinski definition) is 1. The Hall–Kier alpha value is -1.58. The van der Waals surface area contributed by atoms with Gasteiger partial charge in [0.2, 0.25) is 0 Å². The molecule has 0 aliphatic carbocycles. The van der Waals surface area contributed by atoms with E-state index in [4.69, 9.17) is 9.84 Å². The van der Waals surface area contributed by atoms with Crippen LogP contribution < -0.4 is 0 Å². The van der Waals surface area contributed by atoms with Gasteiger partial charge >= 0.3 is 11.9 Å². The number of rotatable bonds is 18. The van der Waals surface area contributed by atoms with Gasteiger partial charge in [0.1, 0.15) is 0 Å². The fourth-order valence-corrected chi connectivity index (χ4v) is 2.94. The molecule has 0 atom stereocenters. The van der Waals surface area contributed by atoms with Crippen molar-refractivity contribution in [2.75, 3.05) is 6.61 Å². The molecule has 0 rings (SSSR count). The molecular formula is C23H40O4. The van der Waals surface area contributed by atoms with E-state index in [9.17, 15) is 9.59 Å². The molecule has 0 unspecified atom stereocenters. The van der Waals surface area contributed by atoms with Gasteiger partial charge in [-0.1, -0.05) is 97.0 Å². The molecule has 4 nitrogen and oxygen atoms in total. The van der Waals surface area contributed by atoms with Gasteiger partial charge in [0, 0.05) is 5.57 Å². The number of esters is 1. The quantitative estimate of drug-likeness (QED) is 0.126. The van der Waals surface area contributed by atoms with E-state index in [2.05, 4.69) is 13.5 Å². The van der Waals surface area contributed by atoms with Crippen LogP contribution in [0.4, 0.5) is 0 Å². The lowest BCUT2D eigenvalue weighted by Crippen LogP contribution is -2.08.